The lowest BCUT2D eigenvalue weighted by atomic mass is 10.2. The molecule has 1 rings (SSSR count). The van der Waals surface area contributed by atoms with Crippen LogP contribution in [0.4, 0.5) is 10.2 Å². The third kappa shape index (κ3) is 4.15. The molecule has 0 fully saturated rings. The monoisotopic (exact) mass is 271 g/mol. The van der Waals surface area contributed by atoms with Crippen LogP contribution in [0.15, 0.2) is 12.3 Å². The number of anilines is 1. The van der Waals surface area contributed by atoms with Crippen molar-refractivity contribution < 1.29 is 18.7 Å². The van der Waals surface area contributed by atoms with Crippen LogP contribution in [0.3, 0.4) is 0 Å². The van der Waals surface area contributed by atoms with Gasteiger partial charge in [-0.1, -0.05) is 0 Å². The van der Waals surface area contributed by atoms with Crippen LogP contribution < -0.4 is 10.6 Å². The summed E-state index contributed by atoms with van der Waals surface area (Å²) in [5.41, 5.74) is -0.0633. The standard InChI is InChI=1S/C12H18FN3O3/c1-14-11-10(13)9(4-5-15-11)12(17)16-6-8(19-3)7-18-2/h4-5,8H,6-7H2,1-3H3,(H,14,15)(H,16,17). The molecule has 1 aromatic heterocycles. The lowest BCUT2D eigenvalue weighted by Gasteiger charge is -2.15. The molecule has 6 nitrogen and oxygen atoms in total. The number of aromatic nitrogens is 1. The molecule has 2 N–H and O–H groups in total. The Labute approximate surface area is 111 Å². The molecule has 106 valence electrons. The van der Waals surface area contributed by atoms with E-state index in [1.54, 1.807) is 0 Å². The van der Waals surface area contributed by atoms with Gasteiger partial charge in [0.15, 0.2) is 11.6 Å². The number of rotatable bonds is 7. The largest absolute Gasteiger partial charge is 0.382 e. The minimum atomic E-state index is -0.678. The Morgan fingerprint density at radius 2 is 2.26 bits per heavy atom. The van der Waals surface area contributed by atoms with Crippen molar-refractivity contribution in [2.75, 3.05) is 39.7 Å². The number of hydrogen-bond acceptors (Lipinski definition) is 5. The Balaban J connectivity index is 2.68. The van der Waals surface area contributed by atoms with Crippen LogP contribution in [0.5, 0.6) is 0 Å². The maximum atomic E-state index is 13.8. The van der Waals surface area contributed by atoms with E-state index >= 15 is 0 Å². The SMILES string of the molecule is CNc1nccc(C(=O)NCC(COC)OC)c1F. The third-order valence-corrected chi connectivity index (χ3v) is 2.55. The second-order valence-corrected chi connectivity index (χ2v) is 3.79. The van der Waals surface area contributed by atoms with E-state index < -0.39 is 11.7 Å². The zero-order valence-electron chi connectivity index (χ0n) is 11.2. The first kappa shape index (κ1) is 15.3. The molecule has 0 bridgehead atoms. The molecule has 0 saturated carbocycles. The number of nitrogens with zero attached hydrogens (tertiary/aromatic N) is 1. The summed E-state index contributed by atoms with van der Waals surface area (Å²) >= 11 is 0. The molecule has 0 spiro atoms. The van der Waals surface area contributed by atoms with E-state index in [9.17, 15) is 9.18 Å². The molecule has 1 amide bonds. The first-order chi connectivity index (χ1) is 9.13. The summed E-state index contributed by atoms with van der Waals surface area (Å²) < 4.78 is 23.9. The number of hydrogen-bond donors (Lipinski definition) is 2. The third-order valence-electron chi connectivity index (χ3n) is 2.55. The number of carbonyl (C=O) groups is 1. The molecule has 7 heteroatoms. The van der Waals surface area contributed by atoms with Crippen molar-refractivity contribution in [3.8, 4) is 0 Å². The first-order valence-electron chi connectivity index (χ1n) is 5.76. The van der Waals surface area contributed by atoms with E-state index in [4.69, 9.17) is 9.47 Å². The van der Waals surface area contributed by atoms with Gasteiger partial charge in [-0.15, -0.1) is 0 Å². The van der Waals surface area contributed by atoms with Crippen molar-refractivity contribution in [2.45, 2.75) is 6.10 Å². The fourth-order valence-electron chi connectivity index (χ4n) is 1.49. The Morgan fingerprint density at radius 3 is 2.84 bits per heavy atom. The lowest BCUT2D eigenvalue weighted by Crippen LogP contribution is -2.36. The van der Waals surface area contributed by atoms with E-state index in [-0.39, 0.29) is 24.0 Å². The normalized spacial score (nSPS) is 12.0. The zero-order valence-corrected chi connectivity index (χ0v) is 11.2. The molecular formula is C12H18FN3O3. The highest BCUT2D eigenvalue weighted by molar-refractivity contribution is 5.95. The summed E-state index contributed by atoms with van der Waals surface area (Å²) in [6.45, 7) is 0.581. The maximum Gasteiger partial charge on any atom is 0.254 e. The second-order valence-electron chi connectivity index (χ2n) is 3.79. The van der Waals surface area contributed by atoms with Gasteiger partial charge in [-0.3, -0.25) is 4.79 Å². The minimum absolute atomic E-state index is 0.0350. The Kier molecular flexibility index (Phi) is 6.17. The molecule has 0 aliphatic carbocycles. The number of carbonyl (C=O) groups excluding carboxylic acids is 1. The Morgan fingerprint density at radius 1 is 1.53 bits per heavy atom. The van der Waals surface area contributed by atoms with Gasteiger partial charge in [-0.25, -0.2) is 9.37 Å². The summed E-state index contributed by atoms with van der Waals surface area (Å²) in [6.07, 6.45) is 1.09. The fraction of sp³-hybridized carbons (Fsp3) is 0.500. The number of halogens is 1. The quantitative estimate of drug-likeness (QED) is 0.762. The average molecular weight is 271 g/mol. The molecule has 1 atom stereocenters. The number of methoxy groups -OCH3 is 2. The maximum absolute atomic E-state index is 13.8. The second kappa shape index (κ2) is 7.65. The van der Waals surface area contributed by atoms with Crippen molar-refractivity contribution in [1.82, 2.24) is 10.3 Å². The molecular weight excluding hydrogens is 253 g/mol. The average Bonchev–Trinajstić information content (AvgIpc) is 2.43. The number of ether oxygens (including phenoxy) is 2. The van der Waals surface area contributed by atoms with Gasteiger partial charge in [0.2, 0.25) is 0 Å². The smallest absolute Gasteiger partial charge is 0.254 e. The van der Waals surface area contributed by atoms with Crippen molar-refractivity contribution in [3.63, 3.8) is 0 Å². The Bertz CT molecular complexity index is 429. The van der Waals surface area contributed by atoms with E-state index in [1.165, 1.54) is 33.5 Å². The molecule has 1 heterocycles. The minimum Gasteiger partial charge on any atom is -0.382 e. The Hall–Kier alpha value is -1.73. The van der Waals surface area contributed by atoms with E-state index in [0.717, 1.165) is 0 Å². The number of pyridine rings is 1. The predicted molar refractivity (Wildman–Crippen MR) is 68.7 cm³/mol. The molecule has 1 aromatic rings. The molecule has 0 radical (unpaired) electrons. The van der Waals surface area contributed by atoms with Gasteiger partial charge in [0.25, 0.3) is 5.91 Å². The van der Waals surface area contributed by atoms with Crippen LogP contribution >= 0.6 is 0 Å². The molecule has 1 unspecified atom stereocenters. The summed E-state index contributed by atoms with van der Waals surface area (Å²) in [5.74, 6) is -1.16. The van der Waals surface area contributed by atoms with Crippen LogP contribution in [0.25, 0.3) is 0 Å². The highest BCUT2D eigenvalue weighted by Crippen LogP contribution is 2.14. The van der Waals surface area contributed by atoms with Gasteiger partial charge in [-0.2, -0.15) is 0 Å². The summed E-state index contributed by atoms with van der Waals surface area (Å²) in [4.78, 5) is 15.6. The van der Waals surface area contributed by atoms with E-state index in [2.05, 4.69) is 15.6 Å². The van der Waals surface area contributed by atoms with Crippen molar-refractivity contribution in [1.29, 1.82) is 0 Å². The predicted octanol–water partition coefficient (Wildman–Crippen LogP) is 0.654. The lowest BCUT2D eigenvalue weighted by molar-refractivity contribution is 0.0285. The molecule has 0 aromatic carbocycles. The highest BCUT2D eigenvalue weighted by Gasteiger charge is 2.16. The number of nitrogens with one attached hydrogen (secondary N) is 2. The van der Waals surface area contributed by atoms with Crippen molar-refractivity contribution in [2.24, 2.45) is 0 Å². The van der Waals surface area contributed by atoms with Crippen molar-refractivity contribution >= 4 is 11.7 Å². The van der Waals surface area contributed by atoms with Gasteiger partial charge in [0, 0.05) is 34.0 Å². The molecule has 0 aliphatic heterocycles. The number of amides is 1. The first-order valence-corrected chi connectivity index (χ1v) is 5.76. The topological polar surface area (TPSA) is 72.5 Å². The van der Waals surface area contributed by atoms with Gasteiger partial charge in [-0.05, 0) is 6.07 Å². The van der Waals surface area contributed by atoms with Crippen LogP contribution in [-0.4, -0.2) is 51.4 Å². The van der Waals surface area contributed by atoms with Crippen LogP contribution in [-0.2, 0) is 9.47 Å². The molecule has 0 saturated heterocycles. The van der Waals surface area contributed by atoms with Crippen LogP contribution in [0.1, 0.15) is 10.4 Å². The van der Waals surface area contributed by atoms with Crippen LogP contribution in [0.2, 0.25) is 0 Å². The van der Waals surface area contributed by atoms with Gasteiger partial charge < -0.3 is 20.1 Å². The van der Waals surface area contributed by atoms with Gasteiger partial charge in [0.05, 0.1) is 18.3 Å². The fourth-order valence-corrected chi connectivity index (χ4v) is 1.49. The van der Waals surface area contributed by atoms with Crippen LogP contribution in [0, 0.1) is 5.82 Å². The summed E-state index contributed by atoms with van der Waals surface area (Å²) in [5, 5.41) is 5.16. The van der Waals surface area contributed by atoms with Gasteiger partial charge >= 0.3 is 0 Å². The van der Waals surface area contributed by atoms with Gasteiger partial charge in [0.1, 0.15) is 0 Å². The van der Waals surface area contributed by atoms with E-state index in [1.807, 2.05) is 0 Å². The summed E-state index contributed by atoms with van der Waals surface area (Å²) in [6, 6.07) is 1.32. The van der Waals surface area contributed by atoms with E-state index in [0.29, 0.717) is 6.61 Å². The zero-order chi connectivity index (χ0) is 14.3. The molecule has 19 heavy (non-hydrogen) atoms. The van der Waals surface area contributed by atoms with Crippen molar-refractivity contribution in [3.05, 3.63) is 23.6 Å². The summed E-state index contributed by atoms with van der Waals surface area (Å²) in [7, 11) is 4.59. The molecule has 0 aliphatic rings. The highest BCUT2D eigenvalue weighted by atomic mass is 19.1.